The molecular formula is C12H22N4. The molecule has 0 aliphatic carbocycles. The molecular weight excluding hydrogens is 200 g/mol. The third kappa shape index (κ3) is 4.14. The van der Waals surface area contributed by atoms with Gasteiger partial charge in [-0.3, -0.25) is 0 Å². The van der Waals surface area contributed by atoms with E-state index in [0.29, 0.717) is 0 Å². The average Bonchev–Trinajstić information content (AvgIpc) is 2.30. The fraction of sp³-hybridized carbons (Fsp3) is 0.667. The average molecular weight is 222 g/mol. The zero-order valence-corrected chi connectivity index (χ0v) is 10.5. The molecule has 0 unspecified atom stereocenters. The van der Waals surface area contributed by atoms with Gasteiger partial charge in [0.15, 0.2) is 0 Å². The van der Waals surface area contributed by atoms with Gasteiger partial charge in [-0.2, -0.15) is 0 Å². The van der Waals surface area contributed by atoms with Gasteiger partial charge in [0.1, 0.15) is 12.1 Å². The lowest BCUT2D eigenvalue weighted by atomic mass is 10.2. The first-order valence-electron chi connectivity index (χ1n) is 5.94. The van der Waals surface area contributed by atoms with Gasteiger partial charge in [-0.1, -0.05) is 13.3 Å². The highest BCUT2D eigenvalue weighted by molar-refractivity contribution is 5.37. The van der Waals surface area contributed by atoms with Gasteiger partial charge < -0.3 is 10.2 Å². The van der Waals surface area contributed by atoms with E-state index in [9.17, 15) is 0 Å². The molecule has 0 aliphatic rings. The maximum Gasteiger partial charge on any atom is 0.131 e. The van der Waals surface area contributed by atoms with E-state index < -0.39 is 0 Å². The van der Waals surface area contributed by atoms with Gasteiger partial charge in [0.25, 0.3) is 0 Å². The fourth-order valence-electron chi connectivity index (χ4n) is 1.59. The quantitative estimate of drug-likeness (QED) is 0.709. The topological polar surface area (TPSA) is 41.0 Å². The summed E-state index contributed by atoms with van der Waals surface area (Å²) < 4.78 is 0. The van der Waals surface area contributed by atoms with E-state index in [0.717, 1.165) is 43.9 Å². The zero-order valence-electron chi connectivity index (χ0n) is 10.5. The first-order chi connectivity index (χ1) is 7.77. The van der Waals surface area contributed by atoms with Crippen LogP contribution in [0.1, 0.15) is 25.5 Å². The molecule has 4 heteroatoms. The van der Waals surface area contributed by atoms with Crippen LogP contribution in [-0.4, -0.2) is 37.2 Å². The number of nitrogens with one attached hydrogen (secondary N) is 1. The lowest BCUT2D eigenvalue weighted by molar-refractivity contribution is 0.707. The summed E-state index contributed by atoms with van der Waals surface area (Å²) in [5.41, 5.74) is 1.13. The molecule has 1 aromatic heterocycles. The Balaban J connectivity index is 2.53. The number of nitrogens with zero attached hydrogens (tertiary/aromatic N) is 3. The number of hydrogen-bond acceptors (Lipinski definition) is 4. The highest BCUT2D eigenvalue weighted by Crippen LogP contribution is 2.10. The van der Waals surface area contributed by atoms with Crippen molar-refractivity contribution in [3.8, 4) is 0 Å². The Morgan fingerprint density at radius 3 is 2.88 bits per heavy atom. The van der Waals surface area contributed by atoms with E-state index in [1.165, 1.54) is 0 Å². The molecule has 0 aromatic carbocycles. The smallest absolute Gasteiger partial charge is 0.131 e. The molecule has 0 fully saturated rings. The Labute approximate surface area is 98.1 Å². The van der Waals surface area contributed by atoms with Crippen molar-refractivity contribution >= 4 is 5.82 Å². The molecule has 1 rings (SSSR count). The van der Waals surface area contributed by atoms with E-state index in [1.807, 2.05) is 7.05 Å². The minimum Gasteiger partial charge on any atom is -0.360 e. The van der Waals surface area contributed by atoms with Gasteiger partial charge in [-0.25, -0.2) is 9.97 Å². The van der Waals surface area contributed by atoms with E-state index in [-0.39, 0.29) is 0 Å². The van der Waals surface area contributed by atoms with Crippen molar-refractivity contribution < 1.29 is 0 Å². The predicted octanol–water partition coefficient (Wildman–Crippen LogP) is 1.47. The number of aromatic nitrogens is 2. The van der Waals surface area contributed by atoms with Crippen LogP contribution in [0, 0.1) is 0 Å². The van der Waals surface area contributed by atoms with Crippen LogP contribution >= 0.6 is 0 Å². The molecule has 0 amide bonds. The van der Waals surface area contributed by atoms with Gasteiger partial charge in [-0.15, -0.1) is 0 Å². The van der Waals surface area contributed by atoms with E-state index >= 15 is 0 Å². The van der Waals surface area contributed by atoms with Crippen molar-refractivity contribution in [2.45, 2.75) is 26.2 Å². The van der Waals surface area contributed by atoms with Crippen LogP contribution in [-0.2, 0) is 6.42 Å². The molecule has 0 aliphatic heterocycles. The van der Waals surface area contributed by atoms with Crippen molar-refractivity contribution in [2.75, 3.05) is 32.1 Å². The van der Waals surface area contributed by atoms with Crippen molar-refractivity contribution in [2.24, 2.45) is 0 Å². The van der Waals surface area contributed by atoms with Crippen LogP contribution in [0.4, 0.5) is 5.82 Å². The summed E-state index contributed by atoms with van der Waals surface area (Å²) in [5, 5.41) is 3.15. The summed E-state index contributed by atoms with van der Waals surface area (Å²) in [6.45, 7) is 4.22. The molecule has 1 aromatic rings. The summed E-state index contributed by atoms with van der Waals surface area (Å²) in [6, 6.07) is 2.09. The molecule has 1 heterocycles. The van der Waals surface area contributed by atoms with Crippen LogP contribution in [0.5, 0.6) is 0 Å². The highest BCUT2D eigenvalue weighted by Gasteiger charge is 2.03. The summed E-state index contributed by atoms with van der Waals surface area (Å²) >= 11 is 0. The van der Waals surface area contributed by atoms with Gasteiger partial charge in [-0.05, 0) is 26.4 Å². The molecule has 16 heavy (non-hydrogen) atoms. The molecule has 0 atom stereocenters. The summed E-state index contributed by atoms with van der Waals surface area (Å²) in [6.07, 6.45) is 4.94. The monoisotopic (exact) mass is 222 g/mol. The second kappa shape index (κ2) is 7.17. The molecule has 4 nitrogen and oxygen atoms in total. The third-order valence-electron chi connectivity index (χ3n) is 2.53. The summed E-state index contributed by atoms with van der Waals surface area (Å²) in [5.74, 6) is 1.02. The number of hydrogen-bond donors (Lipinski definition) is 1. The minimum atomic E-state index is 1.02. The maximum absolute atomic E-state index is 4.29. The molecule has 0 radical (unpaired) electrons. The number of rotatable bonds is 7. The van der Waals surface area contributed by atoms with Crippen molar-refractivity contribution in [1.29, 1.82) is 0 Å². The Hall–Kier alpha value is -1.16. The number of aryl methyl sites for hydroxylation is 1. The van der Waals surface area contributed by atoms with E-state index in [1.54, 1.807) is 6.33 Å². The minimum absolute atomic E-state index is 1.02. The van der Waals surface area contributed by atoms with Crippen LogP contribution in [0.2, 0.25) is 0 Å². The largest absolute Gasteiger partial charge is 0.360 e. The van der Waals surface area contributed by atoms with Crippen molar-refractivity contribution in [3.63, 3.8) is 0 Å². The molecule has 0 bridgehead atoms. The van der Waals surface area contributed by atoms with Crippen molar-refractivity contribution in [3.05, 3.63) is 18.1 Å². The third-order valence-corrected chi connectivity index (χ3v) is 2.53. The Kier molecular flexibility index (Phi) is 5.78. The molecule has 90 valence electrons. The van der Waals surface area contributed by atoms with E-state index in [2.05, 4.69) is 40.2 Å². The van der Waals surface area contributed by atoms with Gasteiger partial charge >= 0.3 is 0 Å². The van der Waals surface area contributed by atoms with Crippen LogP contribution in [0.15, 0.2) is 12.4 Å². The van der Waals surface area contributed by atoms with Gasteiger partial charge in [0.05, 0.1) is 0 Å². The lowest BCUT2D eigenvalue weighted by Crippen LogP contribution is -2.23. The SMILES string of the molecule is CCCc1cc(N(C)CCCNC)ncn1. The standard InChI is InChI=1S/C12H22N4/c1-4-6-11-9-12(15-10-14-11)16(3)8-5-7-13-2/h9-10,13H,4-8H2,1-3H3. The first kappa shape index (κ1) is 12.9. The first-order valence-corrected chi connectivity index (χ1v) is 5.94. The molecule has 1 N–H and O–H groups in total. The summed E-state index contributed by atoms with van der Waals surface area (Å²) in [7, 11) is 4.05. The Morgan fingerprint density at radius 2 is 2.19 bits per heavy atom. The normalized spacial score (nSPS) is 10.4. The Bertz CT molecular complexity index is 301. The maximum atomic E-state index is 4.29. The zero-order chi connectivity index (χ0) is 11.8. The second-order valence-electron chi connectivity index (χ2n) is 4.00. The van der Waals surface area contributed by atoms with Crippen LogP contribution in [0.3, 0.4) is 0 Å². The van der Waals surface area contributed by atoms with Crippen LogP contribution < -0.4 is 10.2 Å². The van der Waals surface area contributed by atoms with E-state index in [4.69, 9.17) is 0 Å². The Morgan fingerprint density at radius 1 is 1.38 bits per heavy atom. The van der Waals surface area contributed by atoms with Crippen molar-refractivity contribution in [1.82, 2.24) is 15.3 Å². The van der Waals surface area contributed by atoms with Crippen LogP contribution in [0.25, 0.3) is 0 Å². The molecule has 0 saturated heterocycles. The number of anilines is 1. The highest BCUT2D eigenvalue weighted by atomic mass is 15.2. The lowest BCUT2D eigenvalue weighted by Gasteiger charge is -2.18. The van der Waals surface area contributed by atoms with Gasteiger partial charge in [0, 0.05) is 25.4 Å². The predicted molar refractivity (Wildman–Crippen MR) is 67.8 cm³/mol. The fourth-order valence-corrected chi connectivity index (χ4v) is 1.59. The molecule has 0 saturated carbocycles. The molecule has 0 spiro atoms. The second-order valence-corrected chi connectivity index (χ2v) is 4.00. The summed E-state index contributed by atoms with van der Waals surface area (Å²) in [4.78, 5) is 10.7. The van der Waals surface area contributed by atoms with Gasteiger partial charge in [0.2, 0.25) is 0 Å².